The highest BCUT2D eigenvalue weighted by Gasteiger charge is 2.23. The maximum Gasteiger partial charge on any atom is 0.236 e. The molecule has 1 heterocycles. The second-order valence-corrected chi connectivity index (χ2v) is 6.73. The normalized spacial score (nSPS) is 14.5. The van der Waals surface area contributed by atoms with Gasteiger partial charge >= 0.3 is 0 Å². The van der Waals surface area contributed by atoms with Crippen LogP contribution in [-0.2, 0) is 16.0 Å². The van der Waals surface area contributed by atoms with Crippen molar-refractivity contribution >= 4 is 11.8 Å². The van der Waals surface area contributed by atoms with E-state index >= 15 is 0 Å². The molecule has 0 spiro atoms. The number of rotatable bonds is 8. The van der Waals surface area contributed by atoms with Crippen molar-refractivity contribution in [2.45, 2.75) is 19.3 Å². The molecule has 2 rings (SSSR count). The molecule has 27 heavy (non-hydrogen) atoms. The van der Waals surface area contributed by atoms with E-state index in [9.17, 15) is 9.59 Å². The number of piperazine rings is 1. The molecule has 0 saturated carbocycles. The first kappa shape index (κ1) is 20.7. The number of likely N-dealkylation sites (N-methyl/N-ethyl adjacent to an activating group) is 1. The van der Waals surface area contributed by atoms with Gasteiger partial charge in [0.25, 0.3) is 0 Å². The first-order valence-corrected chi connectivity index (χ1v) is 9.27. The van der Waals surface area contributed by atoms with E-state index < -0.39 is 0 Å². The SMILES string of the molecule is COc1ccc(CCC(=O)N2CCN(CC(=O)N(C)CCC#N)CC2)cc1. The van der Waals surface area contributed by atoms with Gasteiger partial charge in [-0.25, -0.2) is 0 Å². The molecule has 0 unspecified atom stereocenters. The molecule has 0 atom stereocenters. The van der Waals surface area contributed by atoms with Crippen molar-refractivity contribution in [1.82, 2.24) is 14.7 Å². The molecule has 0 N–H and O–H groups in total. The molecule has 1 saturated heterocycles. The molecule has 1 fully saturated rings. The molecule has 0 aromatic heterocycles. The fourth-order valence-corrected chi connectivity index (χ4v) is 3.01. The Labute approximate surface area is 161 Å². The van der Waals surface area contributed by atoms with E-state index in [1.165, 1.54) is 0 Å². The van der Waals surface area contributed by atoms with Gasteiger partial charge in [-0.2, -0.15) is 5.26 Å². The maximum absolute atomic E-state index is 12.4. The number of hydrogen-bond acceptors (Lipinski definition) is 5. The Morgan fingerprint density at radius 3 is 2.44 bits per heavy atom. The van der Waals surface area contributed by atoms with Crippen molar-refractivity contribution in [1.29, 1.82) is 5.26 Å². The van der Waals surface area contributed by atoms with E-state index in [0.29, 0.717) is 58.5 Å². The number of carbonyl (C=O) groups excluding carboxylic acids is 2. The summed E-state index contributed by atoms with van der Waals surface area (Å²) in [6.07, 6.45) is 1.55. The molecule has 1 aliphatic heterocycles. The van der Waals surface area contributed by atoms with E-state index in [0.717, 1.165) is 11.3 Å². The lowest BCUT2D eigenvalue weighted by molar-refractivity contribution is -0.134. The maximum atomic E-state index is 12.4. The Balaban J connectivity index is 1.70. The Hall–Kier alpha value is -2.59. The van der Waals surface area contributed by atoms with Gasteiger partial charge in [-0.15, -0.1) is 0 Å². The van der Waals surface area contributed by atoms with E-state index in [1.807, 2.05) is 35.2 Å². The summed E-state index contributed by atoms with van der Waals surface area (Å²) in [6, 6.07) is 9.83. The average molecular weight is 372 g/mol. The number of benzene rings is 1. The zero-order chi connectivity index (χ0) is 19.6. The molecule has 0 aliphatic carbocycles. The largest absolute Gasteiger partial charge is 0.497 e. The Bertz CT molecular complexity index is 661. The zero-order valence-electron chi connectivity index (χ0n) is 16.2. The lowest BCUT2D eigenvalue weighted by Gasteiger charge is -2.35. The van der Waals surface area contributed by atoms with E-state index in [4.69, 9.17) is 10.00 Å². The van der Waals surface area contributed by atoms with E-state index in [2.05, 4.69) is 4.90 Å². The summed E-state index contributed by atoms with van der Waals surface area (Å²) in [5.74, 6) is 0.987. The second kappa shape index (κ2) is 10.5. The van der Waals surface area contributed by atoms with Crippen molar-refractivity contribution in [2.24, 2.45) is 0 Å². The molecule has 146 valence electrons. The van der Waals surface area contributed by atoms with Crippen LogP contribution in [0.25, 0.3) is 0 Å². The number of nitriles is 1. The van der Waals surface area contributed by atoms with Crippen molar-refractivity contribution < 1.29 is 14.3 Å². The van der Waals surface area contributed by atoms with Crippen LogP contribution >= 0.6 is 0 Å². The van der Waals surface area contributed by atoms with Crippen LogP contribution in [0.3, 0.4) is 0 Å². The lowest BCUT2D eigenvalue weighted by atomic mass is 10.1. The number of aryl methyl sites for hydroxylation is 1. The first-order valence-electron chi connectivity index (χ1n) is 9.27. The van der Waals surface area contributed by atoms with Crippen molar-refractivity contribution in [3.8, 4) is 11.8 Å². The van der Waals surface area contributed by atoms with Crippen LogP contribution < -0.4 is 4.74 Å². The fraction of sp³-hybridized carbons (Fsp3) is 0.550. The number of carbonyl (C=O) groups is 2. The van der Waals surface area contributed by atoms with Gasteiger partial charge in [-0.3, -0.25) is 14.5 Å². The Morgan fingerprint density at radius 1 is 1.19 bits per heavy atom. The predicted molar refractivity (Wildman–Crippen MR) is 102 cm³/mol. The Morgan fingerprint density at radius 2 is 1.85 bits per heavy atom. The van der Waals surface area contributed by atoms with Crippen molar-refractivity contribution in [3.05, 3.63) is 29.8 Å². The Kier molecular flexibility index (Phi) is 8.08. The molecule has 2 amide bonds. The summed E-state index contributed by atoms with van der Waals surface area (Å²) in [7, 11) is 3.36. The molecule has 1 aliphatic rings. The smallest absolute Gasteiger partial charge is 0.236 e. The molecule has 0 radical (unpaired) electrons. The third-order valence-electron chi connectivity index (χ3n) is 4.86. The minimum Gasteiger partial charge on any atom is -0.497 e. The number of ether oxygens (including phenoxy) is 1. The summed E-state index contributed by atoms with van der Waals surface area (Å²) < 4.78 is 5.14. The molecular weight excluding hydrogens is 344 g/mol. The molecule has 1 aromatic carbocycles. The van der Waals surface area contributed by atoms with Gasteiger partial charge in [0.1, 0.15) is 5.75 Å². The van der Waals surface area contributed by atoms with Crippen LogP contribution in [-0.4, -0.2) is 79.9 Å². The van der Waals surface area contributed by atoms with Gasteiger partial charge in [0.2, 0.25) is 11.8 Å². The number of hydrogen-bond donors (Lipinski definition) is 0. The zero-order valence-corrected chi connectivity index (χ0v) is 16.2. The quantitative estimate of drug-likeness (QED) is 0.684. The number of amides is 2. The molecule has 7 heteroatoms. The summed E-state index contributed by atoms with van der Waals surface area (Å²) >= 11 is 0. The monoisotopic (exact) mass is 372 g/mol. The predicted octanol–water partition coefficient (Wildman–Crippen LogP) is 1.14. The van der Waals surface area contributed by atoms with Gasteiger partial charge in [0.15, 0.2) is 0 Å². The third-order valence-corrected chi connectivity index (χ3v) is 4.86. The van der Waals surface area contributed by atoms with Gasteiger partial charge in [-0.05, 0) is 24.1 Å². The van der Waals surface area contributed by atoms with Crippen molar-refractivity contribution in [2.75, 3.05) is 53.4 Å². The first-order chi connectivity index (χ1) is 13.0. The number of methoxy groups -OCH3 is 1. The second-order valence-electron chi connectivity index (χ2n) is 6.73. The van der Waals surface area contributed by atoms with Gasteiger partial charge < -0.3 is 14.5 Å². The third kappa shape index (κ3) is 6.57. The van der Waals surface area contributed by atoms with E-state index in [-0.39, 0.29) is 11.8 Å². The van der Waals surface area contributed by atoms with Crippen LogP contribution in [0.2, 0.25) is 0 Å². The van der Waals surface area contributed by atoms with Crippen molar-refractivity contribution in [3.63, 3.8) is 0 Å². The molecular formula is C20H28N4O3. The highest BCUT2D eigenvalue weighted by molar-refractivity contribution is 5.78. The summed E-state index contributed by atoms with van der Waals surface area (Å²) in [6.45, 7) is 3.50. The highest BCUT2D eigenvalue weighted by Crippen LogP contribution is 2.13. The molecule has 1 aromatic rings. The highest BCUT2D eigenvalue weighted by atomic mass is 16.5. The topological polar surface area (TPSA) is 76.9 Å². The average Bonchev–Trinajstić information content (AvgIpc) is 2.71. The van der Waals surface area contributed by atoms with Gasteiger partial charge in [0.05, 0.1) is 26.1 Å². The summed E-state index contributed by atoms with van der Waals surface area (Å²) in [5.41, 5.74) is 1.12. The van der Waals surface area contributed by atoms with Crippen LogP contribution in [0.4, 0.5) is 0 Å². The van der Waals surface area contributed by atoms with Crippen LogP contribution in [0.15, 0.2) is 24.3 Å². The lowest BCUT2D eigenvalue weighted by Crippen LogP contribution is -2.51. The van der Waals surface area contributed by atoms with Gasteiger partial charge in [0, 0.05) is 46.2 Å². The molecule has 7 nitrogen and oxygen atoms in total. The standard InChI is InChI=1S/C20H28N4O3/c1-22(11-3-10-21)20(26)16-23-12-14-24(15-13-23)19(25)9-6-17-4-7-18(27-2)8-5-17/h4-5,7-8H,3,6,9,11-16H2,1-2H3. The van der Waals surface area contributed by atoms with E-state index in [1.54, 1.807) is 19.1 Å². The van der Waals surface area contributed by atoms with Crippen LogP contribution in [0.1, 0.15) is 18.4 Å². The van der Waals surface area contributed by atoms with Crippen LogP contribution in [0.5, 0.6) is 5.75 Å². The summed E-state index contributed by atoms with van der Waals surface area (Å²) in [4.78, 5) is 30.1. The summed E-state index contributed by atoms with van der Waals surface area (Å²) in [5, 5.41) is 8.60. The number of nitrogens with zero attached hydrogens (tertiary/aromatic N) is 4. The van der Waals surface area contributed by atoms with Gasteiger partial charge in [-0.1, -0.05) is 12.1 Å². The molecule has 0 bridgehead atoms. The fourth-order valence-electron chi connectivity index (χ4n) is 3.01. The van der Waals surface area contributed by atoms with Crippen LogP contribution in [0, 0.1) is 11.3 Å². The minimum atomic E-state index is 0.0181. The minimum absolute atomic E-state index is 0.0181.